The molecule has 1 atom stereocenters. The average molecular weight is 273 g/mol. The number of rotatable bonds is 5. The summed E-state index contributed by atoms with van der Waals surface area (Å²) in [6.45, 7) is 2.58. The number of nitrogens with one attached hydrogen (secondary N) is 1. The third kappa shape index (κ3) is 4.35. The molecular formula is C15H16FN3O. The molecule has 0 fully saturated rings. The molecule has 20 heavy (non-hydrogen) atoms. The van der Waals surface area contributed by atoms with Gasteiger partial charge in [0.25, 0.3) is 0 Å². The first-order valence-electron chi connectivity index (χ1n) is 6.33. The van der Waals surface area contributed by atoms with Crippen molar-refractivity contribution < 1.29 is 9.18 Å². The van der Waals surface area contributed by atoms with Crippen LogP contribution < -0.4 is 5.32 Å². The van der Waals surface area contributed by atoms with Gasteiger partial charge in [-0.2, -0.15) is 0 Å². The molecule has 0 saturated heterocycles. The molecule has 0 spiro atoms. The van der Waals surface area contributed by atoms with Crippen LogP contribution in [-0.4, -0.2) is 21.5 Å². The molecule has 1 aromatic heterocycles. The van der Waals surface area contributed by atoms with Gasteiger partial charge in [0, 0.05) is 31.1 Å². The predicted octanol–water partition coefficient (Wildman–Crippen LogP) is 2.24. The fraction of sp³-hybridized carbons (Fsp3) is 0.200. The molecule has 0 aliphatic rings. The monoisotopic (exact) mass is 273 g/mol. The quantitative estimate of drug-likeness (QED) is 0.849. The van der Waals surface area contributed by atoms with Gasteiger partial charge in [0.15, 0.2) is 0 Å². The lowest BCUT2D eigenvalue weighted by atomic mass is 10.2. The highest BCUT2D eigenvalue weighted by molar-refractivity contribution is 5.91. The van der Waals surface area contributed by atoms with Gasteiger partial charge in [-0.25, -0.2) is 9.37 Å². The zero-order chi connectivity index (χ0) is 14.4. The van der Waals surface area contributed by atoms with E-state index in [1.807, 2.05) is 17.7 Å². The molecule has 0 aliphatic carbocycles. The lowest BCUT2D eigenvalue weighted by molar-refractivity contribution is -0.117. The number of benzene rings is 1. The molecule has 4 nitrogen and oxygen atoms in total. The van der Waals surface area contributed by atoms with E-state index >= 15 is 0 Å². The Morgan fingerprint density at radius 3 is 2.85 bits per heavy atom. The third-order valence-corrected chi connectivity index (χ3v) is 2.73. The normalized spacial score (nSPS) is 12.5. The minimum absolute atomic E-state index is 0.00503. The van der Waals surface area contributed by atoms with E-state index in [4.69, 9.17) is 0 Å². The van der Waals surface area contributed by atoms with Gasteiger partial charge in [-0.15, -0.1) is 0 Å². The van der Waals surface area contributed by atoms with Gasteiger partial charge >= 0.3 is 0 Å². The van der Waals surface area contributed by atoms with Crippen molar-refractivity contribution in [3.63, 3.8) is 0 Å². The van der Waals surface area contributed by atoms with E-state index in [0.29, 0.717) is 6.54 Å². The van der Waals surface area contributed by atoms with E-state index in [-0.39, 0.29) is 17.8 Å². The maximum atomic E-state index is 12.7. The molecule has 0 saturated carbocycles. The van der Waals surface area contributed by atoms with Crippen LogP contribution in [0.15, 0.2) is 49.1 Å². The Morgan fingerprint density at radius 1 is 1.45 bits per heavy atom. The fourth-order valence-electron chi connectivity index (χ4n) is 1.79. The first kappa shape index (κ1) is 14.0. The fourth-order valence-corrected chi connectivity index (χ4v) is 1.79. The highest BCUT2D eigenvalue weighted by Gasteiger charge is 2.04. The van der Waals surface area contributed by atoms with Crippen molar-refractivity contribution in [3.05, 3.63) is 60.4 Å². The number of aromatic nitrogens is 2. The standard InChI is InChI=1S/C15H16FN3O/c1-12(10-19-9-8-17-11-19)18-15(20)7-4-13-2-5-14(16)6-3-13/h2-9,11-12H,10H2,1H3,(H,18,20)/b7-4+. The molecule has 0 aliphatic heterocycles. The molecular weight excluding hydrogens is 257 g/mol. The molecule has 1 heterocycles. The van der Waals surface area contributed by atoms with Crippen LogP contribution in [0.5, 0.6) is 0 Å². The topological polar surface area (TPSA) is 46.9 Å². The van der Waals surface area contributed by atoms with Gasteiger partial charge in [0.05, 0.1) is 6.33 Å². The zero-order valence-corrected chi connectivity index (χ0v) is 11.2. The van der Waals surface area contributed by atoms with Gasteiger partial charge in [0.1, 0.15) is 5.82 Å². The van der Waals surface area contributed by atoms with Gasteiger partial charge in [-0.05, 0) is 30.7 Å². The maximum absolute atomic E-state index is 12.7. The molecule has 1 amide bonds. The van der Waals surface area contributed by atoms with E-state index in [1.54, 1.807) is 30.7 Å². The van der Waals surface area contributed by atoms with Crippen molar-refractivity contribution >= 4 is 12.0 Å². The minimum Gasteiger partial charge on any atom is -0.348 e. The number of hydrogen-bond acceptors (Lipinski definition) is 2. The average Bonchev–Trinajstić information content (AvgIpc) is 2.90. The lowest BCUT2D eigenvalue weighted by Gasteiger charge is -2.12. The van der Waals surface area contributed by atoms with Crippen LogP contribution >= 0.6 is 0 Å². The van der Waals surface area contributed by atoms with Gasteiger partial charge in [-0.3, -0.25) is 4.79 Å². The number of carbonyl (C=O) groups is 1. The molecule has 0 bridgehead atoms. The van der Waals surface area contributed by atoms with E-state index in [1.165, 1.54) is 18.2 Å². The molecule has 1 aromatic carbocycles. The Balaban J connectivity index is 1.84. The second-order valence-corrected chi connectivity index (χ2v) is 4.55. The Kier molecular flexibility index (Phi) is 4.65. The number of carbonyl (C=O) groups excluding carboxylic acids is 1. The van der Waals surface area contributed by atoms with Crippen molar-refractivity contribution in [1.82, 2.24) is 14.9 Å². The first-order chi connectivity index (χ1) is 9.63. The summed E-state index contributed by atoms with van der Waals surface area (Å²) in [5.74, 6) is -0.470. The van der Waals surface area contributed by atoms with Crippen molar-refractivity contribution in [3.8, 4) is 0 Å². The smallest absolute Gasteiger partial charge is 0.244 e. The Bertz CT molecular complexity index is 576. The van der Waals surface area contributed by atoms with Gasteiger partial charge < -0.3 is 9.88 Å². The number of hydrogen-bond donors (Lipinski definition) is 1. The minimum atomic E-state index is -0.291. The molecule has 2 aromatic rings. The van der Waals surface area contributed by atoms with Crippen LogP contribution in [0.2, 0.25) is 0 Å². The summed E-state index contributed by atoms with van der Waals surface area (Å²) < 4.78 is 14.6. The second-order valence-electron chi connectivity index (χ2n) is 4.55. The van der Waals surface area contributed by atoms with Crippen LogP contribution in [0, 0.1) is 5.82 Å². The molecule has 2 rings (SSSR count). The van der Waals surface area contributed by atoms with Crippen LogP contribution in [0.1, 0.15) is 12.5 Å². The molecule has 5 heteroatoms. The second kappa shape index (κ2) is 6.65. The third-order valence-electron chi connectivity index (χ3n) is 2.73. The molecule has 0 radical (unpaired) electrons. The Morgan fingerprint density at radius 2 is 2.20 bits per heavy atom. The van der Waals surface area contributed by atoms with Gasteiger partial charge in [0.2, 0.25) is 5.91 Å². The van der Waals surface area contributed by atoms with Gasteiger partial charge in [-0.1, -0.05) is 12.1 Å². The summed E-state index contributed by atoms with van der Waals surface area (Å²) in [4.78, 5) is 15.7. The summed E-state index contributed by atoms with van der Waals surface area (Å²) in [6, 6.07) is 5.95. The summed E-state index contributed by atoms with van der Waals surface area (Å²) >= 11 is 0. The summed E-state index contributed by atoms with van der Waals surface area (Å²) in [7, 11) is 0. The highest BCUT2D eigenvalue weighted by atomic mass is 19.1. The van der Waals surface area contributed by atoms with Crippen LogP contribution in [0.25, 0.3) is 6.08 Å². The number of halogens is 1. The maximum Gasteiger partial charge on any atom is 0.244 e. The van der Waals surface area contributed by atoms with E-state index in [0.717, 1.165) is 5.56 Å². The van der Waals surface area contributed by atoms with Crippen molar-refractivity contribution in [2.75, 3.05) is 0 Å². The Hall–Kier alpha value is -2.43. The van der Waals surface area contributed by atoms with Crippen LogP contribution in [-0.2, 0) is 11.3 Å². The van der Waals surface area contributed by atoms with E-state index < -0.39 is 0 Å². The van der Waals surface area contributed by atoms with Crippen molar-refractivity contribution in [2.24, 2.45) is 0 Å². The first-order valence-corrected chi connectivity index (χ1v) is 6.33. The number of nitrogens with zero attached hydrogens (tertiary/aromatic N) is 2. The van der Waals surface area contributed by atoms with Crippen molar-refractivity contribution in [1.29, 1.82) is 0 Å². The number of imidazole rings is 1. The SMILES string of the molecule is CC(Cn1ccnc1)NC(=O)/C=C/c1ccc(F)cc1. The molecule has 104 valence electrons. The summed E-state index contributed by atoms with van der Waals surface area (Å²) in [5.41, 5.74) is 0.781. The van der Waals surface area contributed by atoms with E-state index in [2.05, 4.69) is 10.3 Å². The largest absolute Gasteiger partial charge is 0.348 e. The van der Waals surface area contributed by atoms with Crippen molar-refractivity contribution in [2.45, 2.75) is 19.5 Å². The van der Waals surface area contributed by atoms with E-state index in [9.17, 15) is 9.18 Å². The van der Waals surface area contributed by atoms with Crippen LogP contribution in [0.3, 0.4) is 0 Å². The predicted molar refractivity (Wildman–Crippen MR) is 75.3 cm³/mol. The summed E-state index contributed by atoms with van der Waals surface area (Å²) in [5, 5.41) is 2.85. The zero-order valence-electron chi connectivity index (χ0n) is 11.2. The molecule has 1 N–H and O–H groups in total. The Labute approximate surface area is 117 Å². The number of amides is 1. The molecule has 1 unspecified atom stereocenters. The highest BCUT2D eigenvalue weighted by Crippen LogP contribution is 2.04. The van der Waals surface area contributed by atoms with Crippen LogP contribution in [0.4, 0.5) is 4.39 Å². The summed E-state index contributed by atoms with van der Waals surface area (Å²) in [6.07, 6.45) is 8.34. The lowest BCUT2D eigenvalue weighted by Crippen LogP contribution is -2.34.